The lowest BCUT2D eigenvalue weighted by atomic mass is 10.1. The molecule has 0 aromatic heterocycles. The molecule has 1 aromatic rings. The van der Waals surface area contributed by atoms with Crippen molar-refractivity contribution in [1.29, 1.82) is 0 Å². The number of nitrogens with zero attached hydrogens (tertiary/aromatic N) is 3. The predicted molar refractivity (Wildman–Crippen MR) is 81.1 cm³/mol. The predicted octanol–water partition coefficient (Wildman–Crippen LogP) is 2.08. The van der Waals surface area contributed by atoms with Crippen LogP contribution in [0.4, 0.5) is 14.9 Å². The zero-order valence-corrected chi connectivity index (χ0v) is 12.5. The summed E-state index contributed by atoms with van der Waals surface area (Å²) in [5.74, 6) is -0.427. The van der Waals surface area contributed by atoms with Crippen LogP contribution in [0.15, 0.2) is 24.3 Å². The normalized spacial score (nSPS) is 19.0. The molecule has 2 aliphatic rings. The third-order valence-corrected chi connectivity index (χ3v) is 4.27. The molecule has 0 spiro atoms. The minimum atomic E-state index is -0.417. The largest absolute Gasteiger partial charge is 0.341 e. The van der Waals surface area contributed by atoms with Crippen LogP contribution in [0.5, 0.6) is 0 Å². The van der Waals surface area contributed by atoms with Gasteiger partial charge in [-0.3, -0.25) is 9.69 Å². The van der Waals surface area contributed by atoms with Gasteiger partial charge in [0.2, 0.25) is 5.91 Å². The summed E-state index contributed by atoms with van der Waals surface area (Å²) < 4.78 is 13.8. The summed E-state index contributed by atoms with van der Waals surface area (Å²) in [5, 5.41) is 0. The van der Waals surface area contributed by atoms with Gasteiger partial charge in [0.25, 0.3) is 0 Å². The molecule has 22 heavy (non-hydrogen) atoms. The van der Waals surface area contributed by atoms with Crippen molar-refractivity contribution >= 4 is 17.6 Å². The standard InChI is InChI=1S/C16H20FN3O2/c17-13-6-2-3-7-14(13)20-11-10-19(16(20)22)12-15(21)18-8-4-1-5-9-18/h2-3,6-7H,1,4-5,8-12H2. The van der Waals surface area contributed by atoms with Crippen LogP contribution in [0, 0.1) is 5.82 Å². The van der Waals surface area contributed by atoms with Gasteiger partial charge in [-0.25, -0.2) is 9.18 Å². The Bertz CT molecular complexity index is 572. The van der Waals surface area contributed by atoms with Gasteiger partial charge in [-0.2, -0.15) is 0 Å². The summed E-state index contributed by atoms with van der Waals surface area (Å²) in [4.78, 5) is 29.4. The van der Waals surface area contributed by atoms with Crippen molar-refractivity contribution in [1.82, 2.24) is 9.80 Å². The third-order valence-electron chi connectivity index (χ3n) is 4.27. The Balaban J connectivity index is 1.64. The number of carbonyl (C=O) groups excluding carboxylic acids is 2. The average Bonchev–Trinajstić information content (AvgIpc) is 2.90. The van der Waals surface area contributed by atoms with Gasteiger partial charge >= 0.3 is 6.03 Å². The summed E-state index contributed by atoms with van der Waals surface area (Å²) in [5.41, 5.74) is 0.278. The second kappa shape index (κ2) is 6.34. The Morgan fingerprint density at radius 3 is 2.50 bits per heavy atom. The lowest BCUT2D eigenvalue weighted by Gasteiger charge is -2.28. The molecule has 0 saturated carbocycles. The number of urea groups is 1. The molecular weight excluding hydrogens is 285 g/mol. The number of likely N-dealkylation sites (tertiary alicyclic amines) is 1. The van der Waals surface area contributed by atoms with Crippen molar-refractivity contribution < 1.29 is 14.0 Å². The van der Waals surface area contributed by atoms with Gasteiger partial charge in [0.15, 0.2) is 0 Å². The number of carbonyl (C=O) groups is 2. The fourth-order valence-corrected chi connectivity index (χ4v) is 3.03. The minimum Gasteiger partial charge on any atom is -0.341 e. The van der Waals surface area contributed by atoms with Crippen molar-refractivity contribution in [3.63, 3.8) is 0 Å². The number of rotatable bonds is 3. The second-order valence-corrected chi connectivity index (χ2v) is 5.75. The van der Waals surface area contributed by atoms with Crippen LogP contribution >= 0.6 is 0 Å². The Labute approximate surface area is 129 Å². The van der Waals surface area contributed by atoms with Crippen molar-refractivity contribution in [3.8, 4) is 0 Å². The summed E-state index contributed by atoms with van der Waals surface area (Å²) in [7, 11) is 0. The zero-order chi connectivity index (χ0) is 15.5. The third kappa shape index (κ3) is 2.91. The van der Waals surface area contributed by atoms with Crippen molar-refractivity contribution in [2.75, 3.05) is 37.6 Å². The molecule has 2 aliphatic heterocycles. The highest BCUT2D eigenvalue weighted by molar-refractivity contribution is 5.96. The van der Waals surface area contributed by atoms with Crippen LogP contribution in [0.2, 0.25) is 0 Å². The van der Waals surface area contributed by atoms with Gasteiger partial charge in [-0.1, -0.05) is 12.1 Å². The van der Waals surface area contributed by atoms with E-state index in [1.165, 1.54) is 15.9 Å². The molecule has 0 bridgehead atoms. The molecule has 0 atom stereocenters. The molecule has 2 heterocycles. The van der Waals surface area contributed by atoms with Crippen molar-refractivity contribution in [2.24, 2.45) is 0 Å². The Morgan fingerprint density at radius 2 is 1.77 bits per heavy atom. The number of piperidine rings is 1. The lowest BCUT2D eigenvalue weighted by molar-refractivity contribution is -0.132. The van der Waals surface area contributed by atoms with E-state index in [2.05, 4.69) is 0 Å². The first-order chi connectivity index (χ1) is 10.7. The molecule has 2 saturated heterocycles. The minimum absolute atomic E-state index is 0.0107. The highest BCUT2D eigenvalue weighted by Gasteiger charge is 2.33. The molecular formula is C16H20FN3O2. The van der Waals surface area contributed by atoms with Gasteiger partial charge in [-0.15, -0.1) is 0 Å². The van der Waals surface area contributed by atoms with Crippen molar-refractivity contribution in [2.45, 2.75) is 19.3 Å². The molecule has 0 aliphatic carbocycles. The fourth-order valence-electron chi connectivity index (χ4n) is 3.03. The van der Waals surface area contributed by atoms with E-state index >= 15 is 0 Å². The molecule has 5 nitrogen and oxygen atoms in total. The summed E-state index contributed by atoms with van der Waals surface area (Å²) >= 11 is 0. The molecule has 2 fully saturated rings. The Kier molecular flexibility index (Phi) is 4.27. The van der Waals surface area contributed by atoms with E-state index in [1.807, 2.05) is 4.90 Å². The number of hydrogen-bond acceptors (Lipinski definition) is 2. The molecule has 0 radical (unpaired) electrons. The number of halogens is 1. The van der Waals surface area contributed by atoms with Gasteiger partial charge < -0.3 is 9.80 Å². The molecule has 118 valence electrons. The average molecular weight is 305 g/mol. The monoisotopic (exact) mass is 305 g/mol. The topological polar surface area (TPSA) is 43.9 Å². The van der Waals surface area contributed by atoms with Crippen LogP contribution in [0.25, 0.3) is 0 Å². The van der Waals surface area contributed by atoms with Crippen LogP contribution < -0.4 is 4.90 Å². The smallest absolute Gasteiger partial charge is 0.325 e. The molecule has 0 unspecified atom stereocenters. The summed E-state index contributed by atoms with van der Waals surface area (Å²) in [6, 6.07) is 5.92. The molecule has 3 amide bonds. The number of hydrogen-bond donors (Lipinski definition) is 0. The number of benzene rings is 1. The molecule has 1 aromatic carbocycles. The summed E-state index contributed by atoms with van der Waals surface area (Å²) in [6.45, 7) is 2.50. The Hall–Kier alpha value is -2.11. The van der Waals surface area contributed by atoms with E-state index in [-0.39, 0.29) is 24.2 Å². The van der Waals surface area contributed by atoms with E-state index < -0.39 is 5.82 Å². The quantitative estimate of drug-likeness (QED) is 0.858. The first-order valence-electron chi connectivity index (χ1n) is 7.75. The van der Waals surface area contributed by atoms with Gasteiger partial charge in [0, 0.05) is 26.2 Å². The highest BCUT2D eigenvalue weighted by atomic mass is 19.1. The first-order valence-corrected chi connectivity index (χ1v) is 7.75. The maximum atomic E-state index is 13.8. The van der Waals surface area contributed by atoms with Crippen LogP contribution in [0.1, 0.15) is 19.3 Å². The maximum Gasteiger partial charge on any atom is 0.325 e. The van der Waals surface area contributed by atoms with E-state index in [0.717, 1.165) is 32.4 Å². The molecule has 3 rings (SSSR count). The molecule has 0 N–H and O–H groups in total. The van der Waals surface area contributed by atoms with Gasteiger partial charge in [0.05, 0.1) is 5.69 Å². The number of para-hydroxylation sites is 1. The zero-order valence-electron chi connectivity index (χ0n) is 12.5. The maximum absolute atomic E-state index is 13.8. The molecule has 6 heteroatoms. The SMILES string of the molecule is O=C(CN1CCN(c2ccccc2F)C1=O)N1CCCCC1. The second-order valence-electron chi connectivity index (χ2n) is 5.75. The van der Waals surface area contributed by atoms with Crippen LogP contribution in [0.3, 0.4) is 0 Å². The van der Waals surface area contributed by atoms with Gasteiger partial charge in [-0.05, 0) is 31.4 Å². The fraction of sp³-hybridized carbons (Fsp3) is 0.500. The van der Waals surface area contributed by atoms with E-state index in [0.29, 0.717) is 13.1 Å². The van der Waals surface area contributed by atoms with E-state index in [4.69, 9.17) is 0 Å². The van der Waals surface area contributed by atoms with Crippen LogP contribution in [-0.4, -0.2) is 54.5 Å². The van der Waals surface area contributed by atoms with E-state index in [1.54, 1.807) is 18.2 Å². The van der Waals surface area contributed by atoms with Crippen LogP contribution in [-0.2, 0) is 4.79 Å². The number of amides is 3. The number of anilines is 1. The van der Waals surface area contributed by atoms with Crippen molar-refractivity contribution in [3.05, 3.63) is 30.1 Å². The lowest BCUT2D eigenvalue weighted by Crippen LogP contribution is -2.44. The Morgan fingerprint density at radius 1 is 1.05 bits per heavy atom. The highest BCUT2D eigenvalue weighted by Crippen LogP contribution is 2.23. The summed E-state index contributed by atoms with van der Waals surface area (Å²) in [6.07, 6.45) is 3.22. The van der Waals surface area contributed by atoms with Gasteiger partial charge in [0.1, 0.15) is 12.4 Å². The van der Waals surface area contributed by atoms with E-state index in [9.17, 15) is 14.0 Å². The first kappa shape index (κ1) is 14.8.